The van der Waals surface area contributed by atoms with Gasteiger partial charge < -0.3 is 49.2 Å². The molecule has 0 radical (unpaired) electrons. The summed E-state index contributed by atoms with van der Waals surface area (Å²) in [6, 6.07) is -0.275. The van der Waals surface area contributed by atoms with Crippen molar-refractivity contribution in [3.63, 3.8) is 0 Å². The zero-order valence-electron chi connectivity index (χ0n) is 34.2. The highest BCUT2D eigenvalue weighted by Crippen LogP contribution is 2.77. The number of rotatable bonds is 8. The number of carbonyl (C=O) groups is 4. The summed E-state index contributed by atoms with van der Waals surface area (Å²) in [7, 11) is 0. The molecule has 1 spiro atoms. The highest BCUT2D eigenvalue weighted by atomic mass is 16.7. The predicted molar refractivity (Wildman–Crippen MR) is 195 cm³/mol. The molecular formula is C41H63NO14. The van der Waals surface area contributed by atoms with Crippen LogP contribution >= 0.6 is 0 Å². The highest BCUT2D eigenvalue weighted by Gasteiger charge is 2.88. The van der Waals surface area contributed by atoms with Crippen LogP contribution in [0, 0.1) is 46.8 Å². The van der Waals surface area contributed by atoms with Crippen LogP contribution in [0.3, 0.4) is 0 Å². The zero-order valence-corrected chi connectivity index (χ0v) is 34.2. The van der Waals surface area contributed by atoms with Gasteiger partial charge in [0.15, 0.2) is 17.8 Å². The molecule has 4 saturated carbocycles. The Morgan fingerprint density at radius 1 is 0.982 bits per heavy atom. The third kappa shape index (κ3) is 5.67. The number of nitrogens with zero attached hydrogens (tertiary/aromatic N) is 1. The van der Waals surface area contributed by atoms with Crippen LogP contribution in [0.5, 0.6) is 0 Å². The number of fused-ring (bicyclic) bond motifs is 5. The standard InChI is InChI=1S/C41H63NO14/c1-10-20(3)34(46)55-33-31(45)30-24(18-42-17-19(2)11-12-28(42)38(30,9)49)25-16-39-32(40(25,33)50)26(53-23(6)44)15-27-36(39,7)14-13-29(41(27,51)56-39)54-35(47)37(8,48)21(4)52-22(5)43/h19-21,24-33,45,48-51H,10-18H2,1-9H3/t19-,20+,21+,24-,25-,26+,27-,28-,29-,30+,31+,32+,33-,36-,37-,38+,39+,40-,41+/m0/s1. The molecule has 0 aromatic heterocycles. The lowest BCUT2D eigenvalue weighted by atomic mass is 9.49. The highest BCUT2D eigenvalue weighted by molar-refractivity contribution is 5.80. The van der Waals surface area contributed by atoms with Gasteiger partial charge in [0, 0.05) is 50.2 Å². The van der Waals surface area contributed by atoms with Crippen LogP contribution in [-0.2, 0) is 42.9 Å². The molecule has 0 aromatic rings. The molecule has 15 heteroatoms. The van der Waals surface area contributed by atoms with E-state index in [0.717, 1.165) is 20.3 Å². The molecule has 0 amide bonds. The van der Waals surface area contributed by atoms with Crippen molar-refractivity contribution >= 4 is 23.9 Å². The Balaban J connectivity index is 1.35. The first-order valence-electron chi connectivity index (χ1n) is 20.7. The van der Waals surface area contributed by atoms with Gasteiger partial charge in [-0.2, -0.15) is 0 Å². The fourth-order valence-electron chi connectivity index (χ4n) is 13.1. The summed E-state index contributed by atoms with van der Waals surface area (Å²) in [5.74, 6) is -9.57. The predicted octanol–water partition coefficient (Wildman–Crippen LogP) is 1.61. The molecule has 15 nitrogen and oxygen atoms in total. The molecule has 3 aliphatic heterocycles. The van der Waals surface area contributed by atoms with E-state index >= 15 is 0 Å². The van der Waals surface area contributed by atoms with Crippen LogP contribution in [-0.4, -0.2) is 132 Å². The Labute approximate surface area is 328 Å². The lowest BCUT2D eigenvalue weighted by Crippen LogP contribution is -2.77. The largest absolute Gasteiger partial charge is 0.462 e. The van der Waals surface area contributed by atoms with Crippen molar-refractivity contribution in [1.82, 2.24) is 4.90 Å². The monoisotopic (exact) mass is 793 g/mol. The molecule has 19 atom stereocenters. The number of piperidine rings is 2. The van der Waals surface area contributed by atoms with Crippen molar-refractivity contribution in [2.45, 2.75) is 172 Å². The normalized spacial score (nSPS) is 49.8. The fraction of sp³-hybridized carbons (Fsp3) is 0.902. The molecule has 4 aliphatic carbocycles. The van der Waals surface area contributed by atoms with Gasteiger partial charge in [-0.25, -0.2) is 4.79 Å². The first-order valence-corrected chi connectivity index (χ1v) is 20.7. The quantitative estimate of drug-likeness (QED) is 0.174. The molecule has 7 aliphatic rings. The lowest BCUT2D eigenvalue weighted by molar-refractivity contribution is -0.301. The third-order valence-corrected chi connectivity index (χ3v) is 16.1. The maximum Gasteiger partial charge on any atom is 0.342 e. The van der Waals surface area contributed by atoms with E-state index < -0.39 is 124 Å². The van der Waals surface area contributed by atoms with Crippen LogP contribution in [0.15, 0.2) is 0 Å². The number of hydrogen-bond donors (Lipinski definition) is 5. The SMILES string of the molecule is CC[C@@H](C)C(=O)O[C@H]1[C@H](O)[C@H]2[C@@H](CN3C[C@@H](C)CC[C@H]3[C@@]2(C)O)[C@@H]2C[C@]34O[C@@]5(O)[C@@H](OC(=O)[C@@](C)(O)[C@@H](C)OC(C)=O)CC[C@@]3(C)[C@@H]5C[C@@H](OC(C)=O)[C@H]4[C@@]21O. The molecule has 7 rings (SSSR count). The minimum Gasteiger partial charge on any atom is -0.462 e. The van der Waals surface area contributed by atoms with Crippen LogP contribution in [0.4, 0.5) is 0 Å². The molecule has 3 saturated heterocycles. The minimum atomic E-state index is -2.28. The van der Waals surface area contributed by atoms with Gasteiger partial charge in [-0.3, -0.25) is 19.3 Å². The first-order chi connectivity index (χ1) is 25.9. The first kappa shape index (κ1) is 41.7. The molecule has 3 heterocycles. The van der Waals surface area contributed by atoms with Gasteiger partial charge in [-0.15, -0.1) is 0 Å². The zero-order chi connectivity index (χ0) is 41.3. The molecule has 0 aromatic carbocycles. The van der Waals surface area contributed by atoms with Gasteiger partial charge >= 0.3 is 23.9 Å². The number of aliphatic hydroxyl groups excluding tert-OH is 1. The Bertz CT molecular complexity index is 1620. The summed E-state index contributed by atoms with van der Waals surface area (Å²) >= 11 is 0. The number of esters is 4. The van der Waals surface area contributed by atoms with Crippen molar-refractivity contribution < 1.29 is 68.4 Å². The molecule has 5 N–H and O–H groups in total. The Hall–Kier alpha value is -2.40. The molecule has 56 heavy (non-hydrogen) atoms. The van der Waals surface area contributed by atoms with Gasteiger partial charge in [0.2, 0.25) is 5.79 Å². The van der Waals surface area contributed by atoms with Crippen LogP contribution in [0.25, 0.3) is 0 Å². The molecule has 316 valence electrons. The van der Waals surface area contributed by atoms with E-state index in [1.807, 2.05) is 13.8 Å². The van der Waals surface area contributed by atoms with Crippen molar-refractivity contribution in [2.24, 2.45) is 46.8 Å². The minimum absolute atomic E-state index is 0.0258. The van der Waals surface area contributed by atoms with E-state index in [2.05, 4.69) is 11.8 Å². The van der Waals surface area contributed by atoms with Gasteiger partial charge in [-0.05, 0) is 83.5 Å². The number of ether oxygens (including phenoxy) is 5. The van der Waals surface area contributed by atoms with Crippen LogP contribution < -0.4 is 0 Å². The van der Waals surface area contributed by atoms with Gasteiger partial charge in [0.1, 0.15) is 17.8 Å². The van der Waals surface area contributed by atoms with Crippen molar-refractivity contribution in [3.05, 3.63) is 0 Å². The second kappa shape index (κ2) is 13.6. The van der Waals surface area contributed by atoms with Crippen molar-refractivity contribution in [1.29, 1.82) is 0 Å². The smallest absolute Gasteiger partial charge is 0.342 e. The van der Waals surface area contributed by atoms with E-state index in [1.165, 1.54) is 13.8 Å². The van der Waals surface area contributed by atoms with Gasteiger partial charge in [0.05, 0.1) is 29.1 Å². The van der Waals surface area contributed by atoms with E-state index in [9.17, 15) is 44.7 Å². The van der Waals surface area contributed by atoms with Crippen LogP contribution in [0.1, 0.15) is 107 Å². The average molecular weight is 794 g/mol. The molecule has 0 unspecified atom stereocenters. The average Bonchev–Trinajstić information content (AvgIpc) is 3.37. The Kier molecular flexibility index (Phi) is 10.1. The second-order valence-electron chi connectivity index (χ2n) is 19.3. The van der Waals surface area contributed by atoms with E-state index in [1.54, 1.807) is 13.8 Å². The number of hydrogen-bond acceptors (Lipinski definition) is 15. The number of carbonyl (C=O) groups excluding carboxylic acids is 4. The fourth-order valence-corrected chi connectivity index (χ4v) is 13.1. The van der Waals surface area contributed by atoms with Crippen molar-refractivity contribution in [2.75, 3.05) is 13.1 Å². The van der Waals surface area contributed by atoms with E-state index in [4.69, 9.17) is 23.7 Å². The lowest BCUT2D eigenvalue weighted by Gasteiger charge is -2.64. The summed E-state index contributed by atoms with van der Waals surface area (Å²) in [5.41, 5.74) is -8.17. The second-order valence-corrected chi connectivity index (χ2v) is 19.3. The number of aliphatic hydroxyl groups is 5. The molecular weight excluding hydrogens is 730 g/mol. The molecule has 7 fully saturated rings. The molecule has 4 bridgehead atoms. The summed E-state index contributed by atoms with van der Waals surface area (Å²) in [4.78, 5) is 54.2. The maximum absolute atomic E-state index is 13.7. The maximum atomic E-state index is 13.7. The summed E-state index contributed by atoms with van der Waals surface area (Å²) in [6.45, 7) is 15.4. The summed E-state index contributed by atoms with van der Waals surface area (Å²) in [5, 5.41) is 62.8. The Morgan fingerprint density at radius 2 is 1.66 bits per heavy atom. The van der Waals surface area contributed by atoms with E-state index in [0.29, 0.717) is 38.3 Å². The van der Waals surface area contributed by atoms with Crippen molar-refractivity contribution in [3.8, 4) is 0 Å². The van der Waals surface area contributed by atoms with Gasteiger partial charge in [-0.1, -0.05) is 27.7 Å². The topological polar surface area (TPSA) is 219 Å². The summed E-state index contributed by atoms with van der Waals surface area (Å²) < 4.78 is 30.3. The Morgan fingerprint density at radius 3 is 2.29 bits per heavy atom. The third-order valence-electron chi connectivity index (χ3n) is 16.1. The van der Waals surface area contributed by atoms with E-state index in [-0.39, 0.29) is 25.3 Å². The summed E-state index contributed by atoms with van der Waals surface area (Å²) in [6.07, 6.45) is -4.21. The van der Waals surface area contributed by atoms with Gasteiger partial charge in [0.25, 0.3) is 0 Å². The van der Waals surface area contributed by atoms with Crippen LogP contribution in [0.2, 0.25) is 0 Å².